The third-order valence-corrected chi connectivity index (χ3v) is 2.87. The number of benzene rings is 1. The molecule has 0 saturated carbocycles. The number of rotatable bonds is 3. The lowest BCUT2D eigenvalue weighted by Crippen LogP contribution is -2.14. The molecule has 5 heteroatoms. The van der Waals surface area contributed by atoms with Crippen LogP contribution in [0.2, 0.25) is 0 Å². The molecule has 0 aliphatic rings. The maximum absolute atomic E-state index is 13.2. The molecule has 0 spiro atoms. The molecule has 0 aliphatic carbocycles. The molecule has 0 saturated heterocycles. The average molecular weight is 293 g/mol. The maximum atomic E-state index is 13.2. The first-order chi connectivity index (χ1) is 9.77. The number of aliphatic hydroxyl groups excluding tert-OH is 1. The van der Waals surface area contributed by atoms with E-state index >= 15 is 0 Å². The first kappa shape index (κ1) is 15.4. The summed E-state index contributed by atoms with van der Waals surface area (Å²) in [6.45, 7) is 5.76. The molecule has 0 unspecified atom stereocenters. The minimum atomic E-state index is -0.723. The van der Waals surface area contributed by atoms with Gasteiger partial charge in [-0.2, -0.15) is 0 Å². The molecule has 2 aromatic rings. The molecule has 0 aliphatic heterocycles. The summed E-state index contributed by atoms with van der Waals surface area (Å²) in [5.74, 6) is -1.23. The lowest BCUT2D eigenvalue weighted by atomic mass is 9.91. The molecule has 21 heavy (non-hydrogen) atoms. The summed E-state index contributed by atoms with van der Waals surface area (Å²) >= 11 is 0. The van der Waals surface area contributed by atoms with E-state index in [-0.39, 0.29) is 23.7 Å². The normalized spacial score (nSPS) is 11.5. The van der Waals surface area contributed by atoms with E-state index < -0.39 is 11.6 Å². The van der Waals surface area contributed by atoms with Gasteiger partial charge >= 0.3 is 0 Å². The Bertz CT molecular complexity index is 631. The molecule has 0 fully saturated rings. The van der Waals surface area contributed by atoms with Crippen molar-refractivity contribution in [3.05, 3.63) is 53.2 Å². The second kappa shape index (κ2) is 5.77. The van der Waals surface area contributed by atoms with E-state index in [1.54, 1.807) is 6.07 Å². The van der Waals surface area contributed by atoms with Crippen LogP contribution in [0, 0.1) is 11.6 Å². The Morgan fingerprint density at radius 3 is 2.19 bits per heavy atom. The fourth-order valence-corrected chi connectivity index (χ4v) is 1.80. The molecule has 0 atom stereocenters. The Hall–Kier alpha value is -2.01. The smallest absolute Gasteiger partial charge is 0.219 e. The van der Waals surface area contributed by atoms with Crippen LogP contribution in [0.25, 0.3) is 0 Å². The topological polar surface area (TPSA) is 42.4 Å². The Morgan fingerprint density at radius 2 is 1.67 bits per heavy atom. The predicted octanol–water partition coefficient (Wildman–Crippen LogP) is 3.94. The molecule has 3 nitrogen and oxygen atoms in total. The minimum absolute atomic E-state index is 0.0231. The number of aromatic nitrogens is 1. The van der Waals surface area contributed by atoms with Crippen LogP contribution in [0.5, 0.6) is 11.6 Å². The van der Waals surface area contributed by atoms with Gasteiger partial charge < -0.3 is 9.84 Å². The summed E-state index contributed by atoms with van der Waals surface area (Å²) < 4.78 is 31.7. The van der Waals surface area contributed by atoms with Gasteiger partial charge in [-0.1, -0.05) is 20.8 Å². The van der Waals surface area contributed by atoms with Crippen LogP contribution in [0.1, 0.15) is 32.0 Å². The van der Waals surface area contributed by atoms with Crippen molar-refractivity contribution >= 4 is 0 Å². The van der Waals surface area contributed by atoms with Crippen LogP contribution in [0.15, 0.2) is 30.3 Å². The highest BCUT2D eigenvalue weighted by molar-refractivity contribution is 5.33. The van der Waals surface area contributed by atoms with Gasteiger partial charge in [0.05, 0.1) is 12.3 Å². The number of hydrogen-bond acceptors (Lipinski definition) is 3. The zero-order valence-corrected chi connectivity index (χ0v) is 12.2. The predicted molar refractivity (Wildman–Crippen MR) is 75.3 cm³/mol. The first-order valence-electron chi connectivity index (χ1n) is 6.54. The molecular weight excluding hydrogens is 276 g/mol. The molecule has 0 amide bonds. The highest BCUT2D eigenvalue weighted by Gasteiger charge is 2.18. The van der Waals surface area contributed by atoms with Crippen molar-refractivity contribution in [3.8, 4) is 11.6 Å². The Labute approximate surface area is 122 Å². The molecule has 112 valence electrons. The Morgan fingerprint density at radius 1 is 1.05 bits per heavy atom. The van der Waals surface area contributed by atoms with Crippen LogP contribution in [0.3, 0.4) is 0 Å². The van der Waals surface area contributed by atoms with Crippen molar-refractivity contribution in [2.45, 2.75) is 32.8 Å². The quantitative estimate of drug-likeness (QED) is 0.932. The van der Waals surface area contributed by atoms with Crippen molar-refractivity contribution < 1.29 is 18.6 Å². The van der Waals surface area contributed by atoms with Gasteiger partial charge in [-0.15, -0.1) is 0 Å². The Balaban J connectivity index is 2.39. The maximum Gasteiger partial charge on any atom is 0.219 e. The molecule has 2 rings (SSSR count). The second-order valence-electron chi connectivity index (χ2n) is 5.81. The lowest BCUT2D eigenvalue weighted by molar-refractivity contribution is 0.280. The molecule has 1 N–H and O–H groups in total. The summed E-state index contributed by atoms with van der Waals surface area (Å²) in [5.41, 5.74) is 1.11. The standard InChI is InChI=1S/C16H17F2NO2/c1-16(2,3)14-4-10(9-20)5-15(19-14)21-13-7-11(17)6-12(18)8-13/h4-8,20H,9H2,1-3H3. The van der Waals surface area contributed by atoms with Gasteiger partial charge in [-0.05, 0) is 11.6 Å². The molecule has 1 aromatic heterocycles. The number of aliphatic hydroxyl groups is 1. The van der Waals surface area contributed by atoms with E-state index in [0.29, 0.717) is 5.56 Å². The molecule has 0 radical (unpaired) electrons. The van der Waals surface area contributed by atoms with Crippen molar-refractivity contribution in [1.29, 1.82) is 0 Å². The van der Waals surface area contributed by atoms with Gasteiger partial charge in [0.25, 0.3) is 0 Å². The van der Waals surface area contributed by atoms with Crippen molar-refractivity contribution in [2.75, 3.05) is 0 Å². The average Bonchev–Trinajstić information content (AvgIpc) is 2.36. The van der Waals surface area contributed by atoms with E-state index in [2.05, 4.69) is 4.98 Å². The van der Waals surface area contributed by atoms with Gasteiger partial charge in [0.2, 0.25) is 5.88 Å². The highest BCUT2D eigenvalue weighted by Crippen LogP contribution is 2.27. The molecular formula is C16H17F2NO2. The fraction of sp³-hybridized carbons (Fsp3) is 0.312. The summed E-state index contributed by atoms with van der Waals surface area (Å²) in [6, 6.07) is 6.24. The largest absolute Gasteiger partial charge is 0.439 e. The third kappa shape index (κ3) is 3.98. The van der Waals surface area contributed by atoms with Crippen LogP contribution >= 0.6 is 0 Å². The van der Waals surface area contributed by atoms with E-state index in [4.69, 9.17) is 4.74 Å². The fourth-order valence-electron chi connectivity index (χ4n) is 1.80. The first-order valence-corrected chi connectivity index (χ1v) is 6.54. The summed E-state index contributed by atoms with van der Waals surface area (Å²) in [5, 5.41) is 9.30. The van der Waals surface area contributed by atoms with Gasteiger partial charge in [0.15, 0.2) is 0 Å². The summed E-state index contributed by atoms with van der Waals surface area (Å²) in [4.78, 5) is 4.33. The second-order valence-corrected chi connectivity index (χ2v) is 5.81. The number of ether oxygens (including phenoxy) is 1. The van der Waals surface area contributed by atoms with Gasteiger partial charge in [-0.25, -0.2) is 13.8 Å². The highest BCUT2D eigenvalue weighted by atomic mass is 19.1. The SMILES string of the molecule is CC(C)(C)c1cc(CO)cc(Oc2cc(F)cc(F)c2)n1. The molecule has 1 heterocycles. The number of hydrogen-bond donors (Lipinski definition) is 1. The van der Waals surface area contributed by atoms with Gasteiger partial charge in [0.1, 0.15) is 17.4 Å². The van der Waals surface area contributed by atoms with Crippen LogP contribution < -0.4 is 4.74 Å². The van der Waals surface area contributed by atoms with Crippen LogP contribution in [-0.2, 0) is 12.0 Å². The van der Waals surface area contributed by atoms with E-state index in [1.165, 1.54) is 6.07 Å². The van der Waals surface area contributed by atoms with E-state index in [9.17, 15) is 13.9 Å². The zero-order valence-electron chi connectivity index (χ0n) is 12.2. The van der Waals surface area contributed by atoms with Crippen LogP contribution in [0.4, 0.5) is 8.78 Å². The monoisotopic (exact) mass is 293 g/mol. The van der Waals surface area contributed by atoms with Crippen molar-refractivity contribution in [2.24, 2.45) is 0 Å². The molecule has 0 bridgehead atoms. The lowest BCUT2D eigenvalue weighted by Gasteiger charge is -2.19. The van der Waals surface area contributed by atoms with Crippen molar-refractivity contribution in [3.63, 3.8) is 0 Å². The Kier molecular flexibility index (Phi) is 4.23. The van der Waals surface area contributed by atoms with Gasteiger partial charge in [-0.3, -0.25) is 0 Å². The third-order valence-electron chi connectivity index (χ3n) is 2.87. The minimum Gasteiger partial charge on any atom is -0.439 e. The summed E-state index contributed by atoms with van der Waals surface area (Å²) in [6.07, 6.45) is 0. The number of nitrogens with zero attached hydrogens (tertiary/aromatic N) is 1. The van der Waals surface area contributed by atoms with E-state index in [0.717, 1.165) is 23.9 Å². The van der Waals surface area contributed by atoms with E-state index in [1.807, 2.05) is 20.8 Å². The number of pyridine rings is 1. The van der Waals surface area contributed by atoms with Crippen LogP contribution in [-0.4, -0.2) is 10.1 Å². The zero-order chi connectivity index (χ0) is 15.6. The number of halogens is 2. The van der Waals surface area contributed by atoms with Crippen molar-refractivity contribution in [1.82, 2.24) is 4.98 Å². The molecule has 1 aromatic carbocycles. The summed E-state index contributed by atoms with van der Waals surface area (Å²) in [7, 11) is 0. The van der Waals surface area contributed by atoms with Gasteiger partial charge in [0, 0.05) is 29.7 Å².